The zero-order valence-corrected chi connectivity index (χ0v) is 10.9. The van der Waals surface area contributed by atoms with Crippen LogP contribution in [0.4, 0.5) is 0 Å². The van der Waals surface area contributed by atoms with E-state index in [2.05, 4.69) is 4.98 Å². The first kappa shape index (κ1) is 12.2. The van der Waals surface area contributed by atoms with E-state index < -0.39 is 0 Å². The molecule has 5 nitrogen and oxygen atoms in total. The predicted molar refractivity (Wildman–Crippen MR) is 74.0 cm³/mol. The van der Waals surface area contributed by atoms with E-state index in [-0.39, 0.29) is 5.82 Å². The fourth-order valence-electron chi connectivity index (χ4n) is 2.26. The van der Waals surface area contributed by atoms with Crippen LogP contribution in [0.3, 0.4) is 0 Å². The second-order valence-electron chi connectivity index (χ2n) is 4.47. The van der Waals surface area contributed by atoms with Gasteiger partial charge in [0.1, 0.15) is 0 Å². The molecular weight excluding hydrogens is 254 g/mol. The van der Waals surface area contributed by atoms with Crippen LogP contribution in [-0.2, 0) is 0 Å². The molecule has 0 aliphatic rings. The van der Waals surface area contributed by atoms with Crippen LogP contribution in [0, 0.1) is 12.1 Å². The number of pyridine rings is 1. The van der Waals surface area contributed by atoms with Crippen LogP contribution in [0.1, 0.15) is 5.69 Å². The highest BCUT2D eigenvalue weighted by molar-refractivity contribution is 5.65. The molecule has 2 aromatic heterocycles. The first-order valence-electron chi connectivity index (χ1n) is 6.20. The maximum absolute atomic E-state index is 12.3. The van der Waals surface area contributed by atoms with E-state index in [4.69, 9.17) is 0 Å². The monoisotopic (exact) mass is 267 g/mol. The van der Waals surface area contributed by atoms with Gasteiger partial charge in [0.15, 0.2) is 5.69 Å². The minimum absolute atomic E-state index is 0.162. The molecule has 3 rings (SSSR count). The number of imidazole rings is 1. The second kappa shape index (κ2) is 4.70. The lowest BCUT2D eigenvalue weighted by atomic mass is 10.1. The van der Waals surface area contributed by atoms with Crippen LogP contribution < -0.4 is 4.73 Å². The highest BCUT2D eigenvalue weighted by Crippen LogP contribution is 2.26. The molecule has 0 unspecified atom stereocenters. The molecule has 0 saturated heterocycles. The summed E-state index contributed by atoms with van der Waals surface area (Å²) in [4.78, 5) is 3.98. The molecule has 0 aliphatic carbocycles. The van der Waals surface area contributed by atoms with Gasteiger partial charge < -0.3 is 10.4 Å². The lowest BCUT2D eigenvalue weighted by molar-refractivity contribution is -0.600. The van der Waals surface area contributed by atoms with E-state index in [1.807, 2.05) is 30.3 Å². The maximum atomic E-state index is 12.3. The van der Waals surface area contributed by atoms with Gasteiger partial charge in [0.2, 0.25) is 5.69 Å². The Morgan fingerprint density at radius 2 is 1.80 bits per heavy atom. The molecule has 20 heavy (non-hydrogen) atoms. The van der Waals surface area contributed by atoms with Crippen LogP contribution in [0.5, 0.6) is 0 Å². The molecule has 1 N–H and O–H groups in total. The van der Waals surface area contributed by atoms with E-state index in [0.29, 0.717) is 17.0 Å². The van der Waals surface area contributed by atoms with Crippen molar-refractivity contribution < 1.29 is 9.94 Å². The normalized spacial score (nSPS) is 10.7. The molecule has 0 saturated carbocycles. The van der Waals surface area contributed by atoms with E-state index >= 15 is 0 Å². The van der Waals surface area contributed by atoms with Crippen molar-refractivity contribution in [2.24, 2.45) is 0 Å². The van der Waals surface area contributed by atoms with Crippen molar-refractivity contribution in [1.29, 1.82) is 0 Å². The minimum atomic E-state index is 0.162. The van der Waals surface area contributed by atoms with Gasteiger partial charge in [-0.25, -0.2) is 4.73 Å². The average Bonchev–Trinajstić information content (AvgIpc) is 2.71. The number of aromatic nitrogens is 3. The Bertz CT molecular complexity index is 674. The second-order valence-corrected chi connectivity index (χ2v) is 4.47. The summed E-state index contributed by atoms with van der Waals surface area (Å²) < 4.78 is 1.65. The topological polar surface area (TPSA) is 65.0 Å². The average molecular weight is 267 g/mol. The van der Waals surface area contributed by atoms with Gasteiger partial charge in [0.25, 0.3) is 0 Å². The number of nitrogens with zero attached hydrogens (tertiary/aromatic N) is 3. The van der Waals surface area contributed by atoms with Crippen molar-refractivity contribution in [1.82, 2.24) is 9.71 Å². The molecule has 0 radical (unpaired) electrons. The van der Waals surface area contributed by atoms with Crippen LogP contribution in [0.2, 0.25) is 0 Å². The summed E-state index contributed by atoms with van der Waals surface area (Å²) in [7, 11) is 0. The highest BCUT2D eigenvalue weighted by atomic mass is 16.5. The van der Waals surface area contributed by atoms with Gasteiger partial charge in [-0.1, -0.05) is 30.3 Å². The molecule has 0 bridgehead atoms. The number of hydrogen-bond donors (Lipinski definition) is 1. The molecule has 0 spiro atoms. The molecule has 0 aliphatic heterocycles. The van der Waals surface area contributed by atoms with E-state index in [9.17, 15) is 10.4 Å². The number of benzene rings is 1. The molecule has 0 amide bonds. The molecule has 1 aromatic carbocycles. The van der Waals surface area contributed by atoms with Gasteiger partial charge in [-0.3, -0.25) is 4.98 Å². The first-order valence-corrected chi connectivity index (χ1v) is 6.20. The lowest BCUT2D eigenvalue weighted by Gasteiger charge is -2.02. The van der Waals surface area contributed by atoms with Crippen molar-refractivity contribution >= 4 is 0 Å². The van der Waals surface area contributed by atoms with Gasteiger partial charge in [-0.2, -0.15) is 0 Å². The third-order valence-corrected chi connectivity index (χ3v) is 3.22. The highest BCUT2D eigenvalue weighted by Gasteiger charge is 2.27. The van der Waals surface area contributed by atoms with Crippen LogP contribution in [0.15, 0.2) is 54.9 Å². The van der Waals surface area contributed by atoms with Crippen LogP contribution in [-0.4, -0.2) is 14.9 Å². The zero-order valence-electron chi connectivity index (χ0n) is 10.9. The van der Waals surface area contributed by atoms with Gasteiger partial charge >= 0.3 is 5.82 Å². The predicted octanol–water partition coefficient (Wildman–Crippen LogP) is 2.40. The lowest BCUT2D eigenvalue weighted by Crippen LogP contribution is -2.30. The Morgan fingerprint density at radius 1 is 1.10 bits per heavy atom. The Morgan fingerprint density at radius 3 is 2.45 bits per heavy atom. The molecule has 3 aromatic rings. The SMILES string of the molecule is Cc1c(-c2ccccc2)n(O)c(-c2cccnc2)[n+]1[O-]. The van der Waals surface area contributed by atoms with Gasteiger partial charge in [-0.15, -0.1) is 0 Å². The van der Waals surface area contributed by atoms with Crippen LogP contribution in [0.25, 0.3) is 22.6 Å². The summed E-state index contributed by atoms with van der Waals surface area (Å²) in [5, 5.41) is 22.7. The smallest absolute Gasteiger partial charge is 0.333 e. The van der Waals surface area contributed by atoms with Gasteiger partial charge in [0.05, 0.1) is 5.56 Å². The van der Waals surface area contributed by atoms with Gasteiger partial charge in [0, 0.05) is 24.9 Å². The van der Waals surface area contributed by atoms with Gasteiger partial charge in [-0.05, 0) is 16.9 Å². The summed E-state index contributed by atoms with van der Waals surface area (Å²) in [6.07, 6.45) is 3.17. The maximum Gasteiger partial charge on any atom is 0.333 e. The van der Waals surface area contributed by atoms with E-state index in [0.717, 1.165) is 15.0 Å². The molecule has 2 heterocycles. The molecule has 0 atom stereocenters. The molecule has 100 valence electrons. The zero-order chi connectivity index (χ0) is 14.1. The Kier molecular flexibility index (Phi) is 2.87. The fourth-order valence-corrected chi connectivity index (χ4v) is 2.26. The Labute approximate surface area is 115 Å². The molecular formula is C15H13N3O2. The molecule has 5 heteroatoms. The van der Waals surface area contributed by atoms with Crippen molar-refractivity contribution in [2.75, 3.05) is 0 Å². The third-order valence-electron chi connectivity index (χ3n) is 3.22. The molecule has 0 fully saturated rings. The standard InChI is InChI=1S/C15H13N3O2/c1-11-14(12-6-3-2-4-7-12)18(20)15(17(11)19)13-8-5-9-16-10-13/h2-10,20H,1H3. The van der Waals surface area contributed by atoms with Crippen molar-refractivity contribution in [2.45, 2.75) is 6.92 Å². The summed E-state index contributed by atoms with van der Waals surface area (Å²) in [5.41, 5.74) is 2.28. The fraction of sp³-hybridized carbons (Fsp3) is 0.0667. The largest absolute Gasteiger partial charge is 0.710 e. The minimum Gasteiger partial charge on any atom is -0.710 e. The first-order chi connectivity index (χ1) is 9.70. The summed E-state index contributed by atoms with van der Waals surface area (Å²) in [5.74, 6) is 0.162. The van der Waals surface area contributed by atoms with E-state index in [1.54, 1.807) is 31.5 Å². The Hall–Kier alpha value is -2.82. The van der Waals surface area contributed by atoms with Crippen molar-refractivity contribution in [3.05, 3.63) is 65.8 Å². The van der Waals surface area contributed by atoms with Crippen molar-refractivity contribution in [3.63, 3.8) is 0 Å². The summed E-state index contributed by atoms with van der Waals surface area (Å²) in [6.45, 7) is 1.68. The number of hydrogen-bond acceptors (Lipinski definition) is 3. The number of rotatable bonds is 2. The Balaban J connectivity index is 2.25. The van der Waals surface area contributed by atoms with Crippen molar-refractivity contribution in [3.8, 4) is 22.6 Å². The van der Waals surface area contributed by atoms with E-state index in [1.165, 1.54) is 0 Å². The third kappa shape index (κ3) is 1.80. The van der Waals surface area contributed by atoms with Crippen LogP contribution >= 0.6 is 0 Å². The quantitative estimate of drug-likeness (QED) is 0.440. The summed E-state index contributed by atoms with van der Waals surface area (Å²) >= 11 is 0. The summed E-state index contributed by atoms with van der Waals surface area (Å²) in [6, 6.07) is 12.8.